The lowest BCUT2D eigenvalue weighted by atomic mass is 10.0. The van der Waals surface area contributed by atoms with Gasteiger partial charge in [-0.1, -0.05) is 0 Å². The summed E-state index contributed by atoms with van der Waals surface area (Å²) in [7, 11) is 0. The zero-order valence-corrected chi connectivity index (χ0v) is 9.76. The van der Waals surface area contributed by atoms with Crippen LogP contribution >= 0.6 is 11.3 Å². The summed E-state index contributed by atoms with van der Waals surface area (Å²) in [6, 6.07) is 2.00. The second-order valence-corrected chi connectivity index (χ2v) is 4.44. The number of hydrogen-bond acceptors (Lipinski definition) is 5. The largest absolute Gasteiger partial charge is 0.271 e. The molecule has 0 aliphatic rings. The number of hydrazine groups is 1. The number of nitrogens with one attached hydrogen (secondary N) is 1. The van der Waals surface area contributed by atoms with Gasteiger partial charge < -0.3 is 0 Å². The minimum Gasteiger partial charge on any atom is -0.271 e. The van der Waals surface area contributed by atoms with Gasteiger partial charge in [-0.3, -0.25) is 10.8 Å². The quantitative estimate of drug-likeness (QED) is 0.540. The second-order valence-electron chi connectivity index (χ2n) is 3.66. The number of nitrogens with zero attached hydrogens (tertiary/aromatic N) is 3. The van der Waals surface area contributed by atoms with Crippen LogP contribution < -0.4 is 11.3 Å². The van der Waals surface area contributed by atoms with Crippen LogP contribution in [0.2, 0.25) is 0 Å². The van der Waals surface area contributed by atoms with Gasteiger partial charge in [0.1, 0.15) is 0 Å². The average Bonchev–Trinajstić information content (AvgIpc) is 3.01. The van der Waals surface area contributed by atoms with Crippen LogP contribution in [0, 0.1) is 0 Å². The van der Waals surface area contributed by atoms with Crippen LogP contribution in [-0.4, -0.2) is 14.6 Å². The summed E-state index contributed by atoms with van der Waals surface area (Å²) in [4.78, 5) is 4.12. The Kier molecular flexibility index (Phi) is 2.60. The Hall–Kier alpha value is -1.76. The van der Waals surface area contributed by atoms with E-state index in [-0.39, 0.29) is 6.04 Å². The normalized spacial score (nSPS) is 13.0. The first-order valence-corrected chi connectivity index (χ1v) is 6.10. The fraction of sp³-hybridized carbons (Fsp3) is 0.0909. The van der Waals surface area contributed by atoms with Gasteiger partial charge in [0, 0.05) is 18.0 Å². The number of fused-ring (bicyclic) bond motifs is 1. The fourth-order valence-corrected chi connectivity index (χ4v) is 2.57. The maximum atomic E-state index is 5.64. The van der Waals surface area contributed by atoms with E-state index in [2.05, 4.69) is 27.0 Å². The van der Waals surface area contributed by atoms with Gasteiger partial charge in [-0.15, -0.1) is 0 Å². The first-order chi connectivity index (χ1) is 8.40. The minimum atomic E-state index is -0.0528. The molecule has 0 saturated carbocycles. The fourth-order valence-electron chi connectivity index (χ4n) is 1.88. The first-order valence-electron chi connectivity index (χ1n) is 5.15. The lowest BCUT2D eigenvalue weighted by Gasteiger charge is -2.13. The van der Waals surface area contributed by atoms with Crippen LogP contribution in [-0.2, 0) is 0 Å². The summed E-state index contributed by atoms with van der Waals surface area (Å²) in [5.74, 6) is 5.64. The zero-order valence-electron chi connectivity index (χ0n) is 8.95. The summed E-state index contributed by atoms with van der Waals surface area (Å²) in [6.07, 6.45) is 7.14. The summed E-state index contributed by atoms with van der Waals surface area (Å²) < 4.78 is 1.79. The standard InChI is InChI=1S/C11H11N5S/c12-15-11(8-1-4-17-7-8)9-5-14-16-3-2-13-6-10(9)16/h1-7,11,15H,12H2. The molecule has 0 spiro atoms. The van der Waals surface area contributed by atoms with Gasteiger partial charge in [-0.05, 0) is 22.4 Å². The van der Waals surface area contributed by atoms with Gasteiger partial charge >= 0.3 is 0 Å². The monoisotopic (exact) mass is 245 g/mol. The highest BCUT2D eigenvalue weighted by atomic mass is 32.1. The van der Waals surface area contributed by atoms with Crippen molar-refractivity contribution in [3.05, 3.63) is 52.7 Å². The van der Waals surface area contributed by atoms with Crippen molar-refractivity contribution >= 4 is 16.9 Å². The maximum absolute atomic E-state index is 5.64. The molecule has 3 N–H and O–H groups in total. The summed E-state index contributed by atoms with van der Waals surface area (Å²) in [5, 5.41) is 8.39. The molecule has 0 amide bonds. The van der Waals surface area contributed by atoms with E-state index in [1.807, 2.05) is 17.8 Å². The average molecular weight is 245 g/mol. The van der Waals surface area contributed by atoms with Gasteiger partial charge in [-0.25, -0.2) is 9.94 Å². The van der Waals surface area contributed by atoms with Gasteiger partial charge in [0.15, 0.2) is 0 Å². The lowest BCUT2D eigenvalue weighted by Crippen LogP contribution is -2.28. The highest BCUT2D eigenvalue weighted by molar-refractivity contribution is 7.08. The van der Waals surface area contributed by atoms with Crippen molar-refractivity contribution in [1.29, 1.82) is 0 Å². The molecule has 86 valence electrons. The Bertz CT molecular complexity index is 616. The lowest BCUT2D eigenvalue weighted by molar-refractivity contribution is 0.642. The first kappa shape index (κ1) is 10.4. The minimum absolute atomic E-state index is 0.0528. The zero-order chi connectivity index (χ0) is 11.7. The molecule has 0 aliphatic heterocycles. The molecule has 17 heavy (non-hydrogen) atoms. The second kappa shape index (κ2) is 4.25. The van der Waals surface area contributed by atoms with E-state index < -0.39 is 0 Å². The van der Waals surface area contributed by atoms with Crippen molar-refractivity contribution < 1.29 is 0 Å². The number of hydrogen-bond donors (Lipinski definition) is 2. The van der Waals surface area contributed by atoms with E-state index in [1.54, 1.807) is 28.2 Å². The third kappa shape index (κ3) is 1.72. The number of rotatable bonds is 3. The van der Waals surface area contributed by atoms with Crippen LogP contribution in [0.3, 0.4) is 0 Å². The van der Waals surface area contributed by atoms with Crippen molar-refractivity contribution in [2.24, 2.45) is 5.84 Å². The molecule has 0 fully saturated rings. The Morgan fingerprint density at radius 3 is 3.12 bits per heavy atom. The van der Waals surface area contributed by atoms with Gasteiger partial charge in [0.25, 0.3) is 0 Å². The number of thiophene rings is 1. The molecule has 5 nitrogen and oxygen atoms in total. The Morgan fingerprint density at radius 2 is 2.35 bits per heavy atom. The van der Waals surface area contributed by atoms with Gasteiger partial charge in [0.2, 0.25) is 0 Å². The van der Waals surface area contributed by atoms with E-state index in [0.29, 0.717) is 0 Å². The highest BCUT2D eigenvalue weighted by Crippen LogP contribution is 2.26. The van der Waals surface area contributed by atoms with Crippen LogP contribution in [0.25, 0.3) is 5.52 Å². The van der Waals surface area contributed by atoms with Crippen LogP contribution in [0.1, 0.15) is 17.2 Å². The van der Waals surface area contributed by atoms with Crippen molar-refractivity contribution in [3.63, 3.8) is 0 Å². The molecule has 0 aromatic carbocycles. The molecule has 3 heterocycles. The molecule has 1 atom stereocenters. The SMILES string of the molecule is NNC(c1ccsc1)c1cnn2ccncc12. The molecule has 6 heteroatoms. The molecular formula is C11H11N5S. The topological polar surface area (TPSA) is 68.2 Å². The van der Waals surface area contributed by atoms with E-state index in [1.165, 1.54) is 0 Å². The molecule has 3 aromatic heterocycles. The van der Waals surface area contributed by atoms with Gasteiger partial charge in [-0.2, -0.15) is 16.4 Å². The van der Waals surface area contributed by atoms with Crippen LogP contribution in [0.15, 0.2) is 41.6 Å². The van der Waals surface area contributed by atoms with E-state index >= 15 is 0 Å². The van der Waals surface area contributed by atoms with Crippen molar-refractivity contribution in [2.45, 2.75) is 6.04 Å². The van der Waals surface area contributed by atoms with E-state index in [4.69, 9.17) is 5.84 Å². The van der Waals surface area contributed by atoms with E-state index in [9.17, 15) is 0 Å². The molecule has 1 unspecified atom stereocenters. The Balaban J connectivity index is 2.13. The van der Waals surface area contributed by atoms with Gasteiger partial charge in [0.05, 0.1) is 24.0 Å². The molecule has 0 radical (unpaired) electrons. The third-order valence-electron chi connectivity index (χ3n) is 2.71. The number of nitrogens with two attached hydrogens (primary N) is 1. The molecule has 0 aliphatic carbocycles. The molecule has 0 saturated heterocycles. The Morgan fingerprint density at radius 1 is 1.41 bits per heavy atom. The summed E-state index contributed by atoms with van der Waals surface area (Å²) in [6.45, 7) is 0. The molecule has 0 bridgehead atoms. The van der Waals surface area contributed by atoms with Crippen molar-refractivity contribution in [2.75, 3.05) is 0 Å². The van der Waals surface area contributed by atoms with Crippen LogP contribution in [0.5, 0.6) is 0 Å². The maximum Gasteiger partial charge on any atom is 0.0896 e. The number of aromatic nitrogens is 3. The highest BCUT2D eigenvalue weighted by Gasteiger charge is 2.17. The van der Waals surface area contributed by atoms with Crippen molar-refractivity contribution in [1.82, 2.24) is 20.0 Å². The smallest absolute Gasteiger partial charge is 0.0896 e. The molecule has 3 rings (SSSR count). The van der Waals surface area contributed by atoms with E-state index in [0.717, 1.165) is 16.6 Å². The molecular weight excluding hydrogens is 234 g/mol. The molecule has 3 aromatic rings. The summed E-state index contributed by atoms with van der Waals surface area (Å²) >= 11 is 1.65. The van der Waals surface area contributed by atoms with Crippen LogP contribution in [0.4, 0.5) is 0 Å². The predicted molar refractivity (Wildman–Crippen MR) is 66.5 cm³/mol. The predicted octanol–water partition coefficient (Wildman–Crippen LogP) is 1.34. The Labute approximate surface area is 102 Å². The third-order valence-corrected chi connectivity index (χ3v) is 3.41. The van der Waals surface area contributed by atoms with Crippen molar-refractivity contribution in [3.8, 4) is 0 Å². The summed E-state index contributed by atoms with van der Waals surface area (Å²) in [5.41, 5.74) is 5.95.